The molecule has 1 N–H and O–H groups in total. The van der Waals surface area contributed by atoms with Crippen molar-refractivity contribution in [3.05, 3.63) is 48.0 Å². The van der Waals surface area contributed by atoms with Gasteiger partial charge < -0.3 is 15.1 Å². The molecule has 2 heterocycles. The Kier molecular flexibility index (Phi) is 4.79. The Bertz CT molecular complexity index is 890. The number of hydrogen-bond donors (Lipinski definition) is 1. The van der Waals surface area contributed by atoms with E-state index in [0.717, 1.165) is 23.6 Å². The van der Waals surface area contributed by atoms with E-state index < -0.39 is 0 Å². The summed E-state index contributed by atoms with van der Waals surface area (Å²) >= 11 is 0. The van der Waals surface area contributed by atoms with Crippen molar-refractivity contribution in [1.29, 1.82) is 0 Å². The summed E-state index contributed by atoms with van der Waals surface area (Å²) in [5, 5.41) is 4.71. The molecule has 2 aliphatic rings. The summed E-state index contributed by atoms with van der Waals surface area (Å²) in [5.41, 5.74) is 0.679. The third kappa shape index (κ3) is 3.52. The Morgan fingerprint density at radius 1 is 1.00 bits per heavy atom. The minimum atomic E-state index is -0.233. The van der Waals surface area contributed by atoms with Gasteiger partial charge in [-0.05, 0) is 29.7 Å². The number of carbonyl (C=O) groups is 3. The highest BCUT2D eigenvalue weighted by atomic mass is 16.2. The zero-order chi connectivity index (χ0) is 18.8. The van der Waals surface area contributed by atoms with Crippen LogP contribution >= 0.6 is 0 Å². The average molecular weight is 365 g/mol. The topological polar surface area (TPSA) is 69.7 Å². The number of hydrogen-bond acceptors (Lipinski definition) is 3. The van der Waals surface area contributed by atoms with Crippen LogP contribution in [-0.2, 0) is 9.59 Å². The van der Waals surface area contributed by atoms with Gasteiger partial charge in [0.1, 0.15) is 0 Å². The number of rotatable bonds is 2. The van der Waals surface area contributed by atoms with E-state index >= 15 is 0 Å². The van der Waals surface area contributed by atoms with Crippen molar-refractivity contribution < 1.29 is 14.4 Å². The summed E-state index contributed by atoms with van der Waals surface area (Å²) in [7, 11) is 0. The monoisotopic (exact) mass is 365 g/mol. The Morgan fingerprint density at radius 2 is 1.81 bits per heavy atom. The fraction of sp³-hybridized carbons (Fsp3) is 0.381. The van der Waals surface area contributed by atoms with E-state index in [0.29, 0.717) is 31.7 Å². The standard InChI is InChI=1S/C21H23N3O3/c25-19-14-24(12-10-22-19)20(26)16-7-4-11-23(13-16)21(27)18-9-3-6-15-5-1-2-8-17(15)18/h1-3,5-6,8-9,16H,4,7,10-14H2,(H,22,25). The van der Waals surface area contributed by atoms with Crippen LogP contribution in [-0.4, -0.2) is 60.2 Å². The van der Waals surface area contributed by atoms with Gasteiger partial charge in [0.15, 0.2) is 0 Å². The molecule has 2 fully saturated rings. The normalized spacial score (nSPS) is 20.4. The van der Waals surface area contributed by atoms with Crippen molar-refractivity contribution in [2.24, 2.45) is 5.92 Å². The number of piperazine rings is 1. The lowest BCUT2D eigenvalue weighted by atomic mass is 9.95. The Hall–Kier alpha value is -2.89. The van der Waals surface area contributed by atoms with Crippen molar-refractivity contribution in [2.45, 2.75) is 12.8 Å². The number of amides is 3. The van der Waals surface area contributed by atoms with Gasteiger partial charge in [0.05, 0.1) is 12.5 Å². The maximum Gasteiger partial charge on any atom is 0.254 e. The number of carbonyl (C=O) groups excluding carboxylic acids is 3. The van der Waals surface area contributed by atoms with Gasteiger partial charge in [-0.15, -0.1) is 0 Å². The van der Waals surface area contributed by atoms with Crippen LogP contribution in [0.5, 0.6) is 0 Å². The van der Waals surface area contributed by atoms with Crippen LogP contribution in [0.1, 0.15) is 23.2 Å². The first-order chi connectivity index (χ1) is 13.1. The quantitative estimate of drug-likeness (QED) is 0.880. The van der Waals surface area contributed by atoms with Gasteiger partial charge in [0.25, 0.3) is 5.91 Å². The zero-order valence-corrected chi connectivity index (χ0v) is 15.2. The second-order valence-corrected chi connectivity index (χ2v) is 7.23. The fourth-order valence-electron chi connectivity index (χ4n) is 4.03. The molecule has 6 heteroatoms. The molecule has 0 aliphatic carbocycles. The Morgan fingerprint density at radius 3 is 2.67 bits per heavy atom. The van der Waals surface area contributed by atoms with Crippen LogP contribution in [0.2, 0.25) is 0 Å². The molecular weight excluding hydrogens is 342 g/mol. The summed E-state index contributed by atoms with van der Waals surface area (Å²) in [6, 6.07) is 13.6. The van der Waals surface area contributed by atoms with Crippen molar-refractivity contribution in [3.63, 3.8) is 0 Å². The number of benzene rings is 2. The molecule has 1 atom stereocenters. The smallest absolute Gasteiger partial charge is 0.254 e. The molecule has 4 rings (SSSR count). The highest BCUT2D eigenvalue weighted by Gasteiger charge is 2.33. The molecule has 27 heavy (non-hydrogen) atoms. The lowest BCUT2D eigenvalue weighted by molar-refractivity contribution is -0.142. The molecule has 3 amide bonds. The van der Waals surface area contributed by atoms with E-state index in [1.165, 1.54) is 0 Å². The number of likely N-dealkylation sites (tertiary alicyclic amines) is 1. The van der Waals surface area contributed by atoms with Gasteiger partial charge in [-0.1, -0.05) is 36.4 Å². The Labute approximate surface area is 158 Å². The molecular formula is C21H23N3O3. The summed E-state index contributed by atoms with van der Waals surface area (Å²) in [5.74, 6) is -0.390. The second-order valence-electron chi connectivity index (χ2n) is 7.23. The van der Waals surface area contributed by atoms with Gasteiger partial charge in [-0.25, -0.2) is 0 Å². The maximum absolute atomic E-state index is 13.1. The second kappa shape index (κ2) is 7.39. The molecule has 0 radical (unpaired) electrons. The van der Waals surface area contributed by atoms with Crippen LogP contribution < -0.4 is 5.32 Å². The molecule has 2 aliphatic heterocycles. The largest absolute Gasteiger partial charge is 0.353 e. The van der Waals surface area contributed by atoms with Gasteiger partial charge in [0, 0.05) is 31.7 Å². The van der Waals surface area contributed by atoms with E-state index in [-0.39, 0.29) is 30.2 Å². The van der Waals surface area contributed by atoms with Crippen LogP contribution in [0.25, 0.3) is 10.8 Å². The lowest BCUT2D eigenvalue weighted by Gasteiger charge is -2.36. The lowest BCUT2D eigenvalue weighted by Crippen LogP contribution is -2.54. The van der Waals surface area contributed by atoms with Crippen molar-refractivity contribution in [1.82, 2.24) is 15.1 Å². The van der Waals surface area contributed by atoms with Crippen molar-refractivity contribution in [2.75, 3.05) is 32.7 Å². The Balaban J connectivity index is 1.51. The SMILES string of the molecule is O=C1CN(C(=O)C2CCCN(C(=O)c3cccc4ccccc34)C2)CCN1. The number of piperidine rings is 1. The fourth-order valence-corrected chi connectivity index (χ4v) is 4.03. The van der Waals surface area contributed by atoms with Crippen LogP contribution in [0.3, 0.4) is 0 Å². The van der Waals surface area contributed by atoms with Crippen molar-refractivity contribution in [3.8, 4) is 0 Å². The molecule has 2 aromatic rings. The highest BCUT2D eigenvalue weighted by Crippen LogP contribution is 2.24. The number of nitrogens with zero attached hydrogens (tertiary/aromatic N) is 2. The van der Waals surface area contributed by atoms with Crippen molar-refractivity contribution >= 4 is 28.5 Å². The molecule has 2 saturated heterocycles. The number of fused-ring (bicyclic) bond motifs is 1. The third-order valence-corrected chi connectivity index (χ3v) is 5.43. The minimum Gasteiger partial charge on any atom is -0.353 e. The first-order valence-electron chi connectivity index (χ1n) is 9.46. The predicted octanol–water partition coefficient (Wildman–Crippen LogP) is 1.65. The number of nitrogens with one attached hydrogen (secondary N) is 1. The van der Waals surface area contributed by atoms with Gasteiger partial charge in [-0.2, -0.15) is 0 Å². The molecule has 0 saturated carbocycles. The molecule has 0 aromatic heterocycles. The molecule has 1 unspecified atom stereocenters. The average Bonchev–Trinajstić information content (AvgIpc) is 2.72. The molecule has 140 valence electrons. The molecule has 2 aromatic carbocycles. The van der Waals surface area contributed by atoms with Gasteiger partial charge in [0.2, 0.25) is 11.8 Å². The molecule has 0 bridgehead atoms. The first-order valence-corrected chi connectivity index (χ1v) is 9.46. The molecule has 6 nitrogen and oxygen atoms in total. The van der Waals surface area contributed by atoms with Gasteiger partial charge in [-0.3, -0.25) is 14.4 Å². The summed E-state index contributed by atoms with van der Waals surface area (Å²) in [6.45, 7) is 2.23. The van der Waals surface area contributed by atoms with E-state index in [2.05, 4.69) is 5.32 Å². The third-order valence-electron chi connectivity index (χ3n) is 5.43. The maximum atomic E-state index is 13.1. The van der Waals surface area contributed by atoms with Crippen LogP contribution in [0.15, 0.2) is 42.5 Å². The van der Waals surface area contributed by atoms with E-state index in [1.807, 2.05) is 42.5 Å². The highest BCUT2D eigenvalue weighted by molar-refractivity contribution is 6.07. The van der Waals surface area contributed by atoms with E-state index in [4.69, 9.17) is 0 Å². The molecule has 0 spiro atoms. The van der Waals surface area contributed by atoms with Gasteiger partial charge >= 0.3 is 0 Å². The minimum absolute atomic E-state index is 0.0136. The van der Waals surface area contributed by atoms with E-state index in [1.54, 1.807) is 9.80 Å². The predicted molar refractivity (Wildman–Crippen MR) is 102 cm³/mol. The van der Waals surface area contributed by atoms with E-state index in [9.17, 15) is 14.4 Å². The first kappa shape index (κ1) is 17.5. The summed E-state index contributed by atoms with van der Waals surface area (Å²) < 4.78 is 0. The summed E-state index contributed by atoms with van der Waals surface area (Å²) in [4.78, 5) is 41.0. The van der Waals surface area contributed by atoms with Crippen LogP contribution in [0.4, 0.5) is 0 Å². The summed E-state index contributed by atoms with van der Waals surface area (Å²) in [6.07, 6.45) is 1.56. The van der Waals surface area contributed by atoms with Crippen LogP contribution in [0, 0.1) is 5.92 Å². The zero-order valence-electron chi connectivity index (χ0n) is 15.2.